The zero-order valence-corrected chi connectivity index (χ0v) is 10.2. The molecular weight excluding hydrogens is 268 g/mol. The molecule has 1 aromatic heterocycles. The van der Waals surface area contributed by atoms with E-state index in [4.69, 9.17) is 0 Å². The number of esters is 1. The summed E-state index contributed by atoms with van der Waals surface area (Å²) in [5, 5.41) is 0. The summed E-state index contributed by atoms with van der Waals surface area (Å²) in [6, 6.07) is 1.73. The molecule has 0 aromatic carbocycles. The highest BCUT2D eigenvalue weighted by Crippen LogP contribution is 2.27. The van der Waals surface area contributed by atoms with Crippen LogP contribution < -0.4 is 0 Å². The minimum Gasteiger partial charge on any atom is -0.469 e. The number of ether oxygens (including phenoxy) is 1. The third-order valence-corrected chi connectivity index (χ3v) is 3.27. The summed E-state index contributed by atoms with van der Waals surface area (Å²) in [5.74, 6) is -0.701. The summed E-state index contributed by atoms with van der Waals surface area (Å²) >= 11 is 4.76. The van der Waals surface area contributed by atoms with Gasteiger partial charge in [-0.2, -0.15) is 0 Å². The summed E-state index contributed by atoms with van der Waals surface area (Å²) in [6.45, 7) is 1.85. The number of hydrogen-bond acceptors (Lipinski definition) is 4. The standard InChI is InChI=1S/C9H9BrO3S/c1-5-6(3-8(10)14-5)7(11)4-9(12)13-2/h3H,4H2,1-2H3. The maximum absolute atomic E-state index is 11.5. The van der Waals surface area contributed by atoms with Gasteiger partial charge in [0.15, 0.2) is 5.78 Å². The van der Waals surface area contributed by atoms with Crippen LogP contribution >= 0.6 is 27.3 Å². The van der Waals surface area contributed by atoms with Gasteiger partial charge in [0.2, 0.25) is 0 Å². The Balaban J connectivity index is 2.79. The summed E-state index contributed by atoms with van der Waals surface area (Å²) < 4.78 is 5.31. The van der Waals surface area contributed by atoms with Crippen molar-refractivity contribution in [3.8, 4) is 0 Å². The van der Waals surface area contributed by atoms with E-state index < -0.39 is 5.97 Å². The molecule has 0 aliphatic rings. The summed E-state index contributed by atoms with van der Waals surface area (Å²) in [4.78, 5) is 23.3. The van der Waals surface area contributed by atoms with Gasteiger partial charge in [-0.3, -0.25) is 9.59 Å². The average molecular weight is 277 g/mol. The molecule has 1 rings (SSSR count). The molecule has 5 heteroatoms. The van der Waals surface area contributed by atoms with Crippen LogP contribution in [0.2, 0.25) is 0 Å². The first-order valence-corrected chi connectivity index (χ1v) is 5.51. The normalized spacial score (nSPS) is 9.93. The van der Waals surface area contributed by atoms with Crippen LogP contribution in [0.1, 0.15) is 21.7 Å². The number of carbonyl (C=O) groups excluding carboxylic acids is 2. The lowest BCUT2D eigenvalue weighted by atomic mass is 10.1. The van der Waals surface area contributed by atoms with E-state index in [-0.39, 0.29) is 12.2 Å². The molecule has 0 aliphatic heterocycles. The molecule has 1 heterocycles. The lowest BCUT2D eigenvalue weighted by molar-refractivity contribution is -0.139. The number of Topliss-reactive ketones (excluding diaryl/α,β-unsaturated/α-hetero) is 1. The molecule has 3 nitrogen and oxygen atoms in total. The van der Waals surface area contributed by atoms with Crippen LogP contribution in [-0.4, -0.2) is 18.9 Å². The van der Waals surface area contributed by atoms with Gasteiger partial charge in [0.05, 0.1) is 10.9 Å². The van der Waals surface area contributed by atoms with Gasteiger partial charge in [-0.1, -0.05) is 0 Å². The van der Waals surface area contributed by atoms with E-state index in [1.165, 1.54) is 18.4 Å². The topological polar surface area (TPSA) is 43.4 Å². The Bertz CT molecular complexity index is 370. The van der Waals surface area contributed by atoms with Crippen molar-refractivity contribution in [1.29, 1.82) is 0 Å². The van der Waals surface area contributed by atoms with E-state index >= 15 is 0 Å². The second-order valence-corrected chi connectivity index (χ2v) is 5.33. The van der Waals surface area contributed by atoms with Crippen molar-refractivity contribution in [2.75, 3.05) is 7.11 Å². The molecule has 0 unspecified atom stereocenters. The fourth-order valence-corrected chi connectivity index (χ4v) is 2.73. The molecule has 0 N–H and O–H groups in total. The lowest BCUT2D eigenvalue weighted by Crippen LogP contribution is -2.09. The summed E-state index contributed by atoms with van der Waals surface area (Å²) in [7, 11) is 1.27. The number of aryl methyl sites for hydroxylation is 1. The van der Waals surface area contributed by atoms with Crippen molar-refractivity contribution in [2.24, 2.45) is 0 Å². The van der Waals surface area contributed by atoms with E-state index in [1.807, 2.05) is 6.92 Å². The zero-order chi connectivity index (χ0) is 10.7. The Labute approximate surface area is 94.2 Å². The van der Waals surface area contributed by atoms with Crippen LogP contribution in [0.25, 0.3) is 0 Å². The molecule has 0 spiro atoms. The van der Waals surface area contributed by atoms with E-state index in [0.717, 1.165) is 8.66 Å². The van der Waals surface area contributed by atoms with Crippen LogP contribution in [0, 0.1) is 6.92 Å². The molecule has 0 amide bonds. The van der Waals surface area contributed by atoms with Gasteiger partial charge in [0.25, 0.3) is 0 Å². The first-order chi connectivity index (χ1) is 6.54. The van der Waals surface area contributed by atoms with Crippen LogP contribution in [0.4, 0.5) is 0 Å². The smallest absolute Gasteiger partial charge is 0.313 e. The largest absolute Gasteiger partial charge is 0.469 e. The highest BCUT2D eigenvalue weighted by atomic mass is 79.9. The number of rotatable bonds is 3. The molecule has 0 saturated heterocycles. The third-order valence-electron chi connectivity index (χ3n) is 1.72. The molecule has 0 aliphatic carbocycles. The van der Waals surface area contributed by atoms with Crippen LogP contribution in [0.5, 0.6) is 0 Å². The van der Waals surface area contributed by atoms with Crippen molar-refractivity contribution >= 4 is 39.0 Å². The van der Waals surface area contributed by atoms with E-state index in [0.29, 0.717) is 5.56 Å². The van der Waals surface area contributed by atoms with Crippen molar-refractivity contribution in [3.63, 3.8) is 0 Å². The molecule has 0 saturated carbocycles. The van der Waals surface area contributed by atoms with Gasteiger partial charge < -0.3 is 4.74 Å². The second-order valence-electron chi connectivity index (χ2n) is 2.70. The Hall–Kier alpha value is -0.680. The minimum absolute atomic E-state index is 0.194. The summed E-state index contributed by atoms with van der Waals surface area (Å²) in [5.41, 5.74) is 0.590. The van der Waals surface area contributed by atoms with Crippen molar-refractivity contribution in [1.82, 2.24) is 0 Å². The quantitative estimate of drug-likeness (QED) is 0.484. The first-order valence-electron chi connectivity index (χ1n) is 3.90. The molecule has 0 atom stereocenters. The Kier molecular flexibility index (Phi) is 3.83. The van der Waals surface area contributed by atoms with Gasteiger partial charge in [-0.25, -0.2) is 0 Å². The second kappa shape index (κ2) is 4.70. The zero-order valence-electron chi connectivity index (χ0n) is 7.80. The summed E-state index contributed by atoms with van der Waals surface area (Å²) in [6.07, 6.45) is -0.194. The van der Waals surface area contributed by atoms with Gasteiger partial charge in [0.1, 0.15) is 6.42 Å². The number of hydrogen-bond donors (Lipinski definition) is 0. The fourth-order valence-electron chi connectivity index (χ4n) is 1.02. The van der Waals surface area contributed by atoms with Crippen molar-refractivity contribution < 1.29 is 14.3 Å². The average Bonchev–Trinajstić information content (AvgIpc) is 2.45. The number of halogens is 1. The SMILES string of the molecule is COC(=O)CC(=O)c1cc(Br)sc1C. The molecule has 14 heavy (non-hydrogen) atoms. The van der Waals surface area contributed by atoms with Crippen molar-refractivity contribution in [2.45, 2.75) is 13.3 Å². The molecular formula is C9H9BrO3S. The number of methoxy groups -OCH3 is 1. The predicted molar refractivity (Wildman–Crippen MR) is 57.7 cm³/mol. The molecule has 0 fully saturated rings. The minimum atomic E-state index is -0.503. The molecule has 0 bridgehead atoms. The third kappa shape index (κ3) is 2.65. The van der Waals surface area contributed by atoms with Crippen molar-refractivity contribution in [3.05, 3.63) is 20.3 Å². The van der Waals surface area contributed by atoms with Crippen LogP contribution in [0.15, 0.2) is 9.85 Å². The molecule has 76 valence electrons. The molecule has 0 radical (unpaired) electrons. The van der Waals surface area contributed by atoms with Crippen LogP contribution in [-0.2, 0) is 9.53 Å². The van der Waals surface area contributed by atoms with Gasteiger partial charge in [0, 0.05) is 10.4 Å². The van der Waals surface area contributed by atoms with Gasteiger partial charge in [-0.15, -0.1) is 11.3 Å². The van der Waals surface area contributed by atoms with E-state index in [1.54, 1.807) is 6.07 Å². The van der Waals surface area contributed by atoms with E-state index in [2.05, 4.69) is 20.7 Å². The predicted octanol–water partition coefficient (Wildman–Crippen LogP) is 2.56. The van der Waals surface area contributed by atoms with Crippen LogP contribution in [0.3, 0.4) is 0 Å². The van der Waals surface area contributed by atoms with E-state index in [9.17, 15) is 9.59 Å². The van der Waals surface area contributed by atoms with Gasteiger partial charge in [-0.05, 0) is 28.9 Å². The Morgan fingerprint density at radius 2 is 2.21 bits per heavy atom. The maximum Gasteiger partial charge on any atom is 0.313 e. The first kappa shape index (κ1) is 11.4. The number of ketones is 1. The fraction of sp³-hybridized carbons (Fsp3) is 0.333. The highest BCUT2D eigenvalue weighted by molar-refractivity contribution is 9.11. The Morgan fingerprint density at radius 3 is 2.64 bits per heavy atom. The molecule has 1 aromatic rings. The number of carbonyl (C=O) groups is 2. The monoisotopic (exact) mass is 276 g/mol. The lowest BCUT2D eigenvalue weighted by Gasteiger charge is -1.97. The van der Waals surface area contributed by atoms with Gasteiger partial charge >= 0.3 is 5.97 Å². The maximum atomic E-state index is 11.5. The number of thiophene rings is 1. The highest BCUT2D eigenvalue weighted by Gasteiger charge is 2.16. The Morgan fingerprint density at radius 1 is 1.57 bits per heavy atom.